The van der Waals surface area contributed by atoms with Gasteiger partial charge in [-0.3, -0.25) is 9.59 Å². The number of hydrogen-bond acceptors (Lipinski definition) is 5. The molecule has 8 nitrogen and oxygen atoms in total. The smallest absolute Gasteiger partial charge is 0.247 e. The number of piperazine rings is 1. The Hall–Kier alpha value is -2.13. The number of ether oxygens (including phenoxy) is 1. The fourth-order valence-corrected chi connectivity index (χ4v) is 4.97. The van der Waals surface area contributed by atoms with E-state index in [1.807, 2.05) is 31.2 Å². The predicted molar refractivity (Wildman–Crippen MR) is 113 cm³/mol. The Bertz CT molecular complexity index is 880. The van der Waals surface area contributed by atoms with E-state index in [1.54, 1.807) is 6.92 Å². The van der Waals surface area contributed by atoms with Gasteiger partial charge in [0.05, 0.1) is 19.4 Å². The molecule has 9 heteroatoms. The first-order valence-electron chi connectivity index (χ1n) is 10.4. The van der Waals surface area contributed by atoms with Gasteiger partial charge in [0.1, 0.15) is 11.3 Å². The number of benzene rings is 1. The van der Waals surface area contributed by atoms with Gasteiger partial charge in [-0.05, 0) is 44.4 Å². The van der Waals surface area contributed by atoms with E-state index < -0.39 is 15.6 Å². The maximum atomic E-state index is 13.3. The van der Waals surface area contributed by atoms with E-state index in [1.165, 1.54) is 4.90 Å². The van der Waals surface area contributed by atoms with Gasteiger partial charge < -0.3 is 15.0 Å². The lowest BCUT2D eigenvalue weighted by atomic mass is 9.94. The molecule has 0 unspecified atom stereocenters. The largest absolute Gasteiger partial charge is 0.494 e. The fourth-order valence-electron chi connectivity index (χ4n) is 4.14. The van der Waals surface area contributed by atoms with Gasteiger partial charge in [0.2, 0.25) is 21.8 Å². The molecule has 2 amide bonds. The van der Waals surface area contributed by atoms with Crippen molar-refractivity contribution in [2.75, 3.05) is 26.0 Å². The molecule has 0 radical (unpaired) electrons. The summed E-state index contributed by atoms with van der Waals surface area (Å²) in [4.78, 5) is 27.8. The van der Waals surface area contributed by atoms with Crippen molar-refractivity contribution in [1.82, 2.24) is 14.5 Å². The Balaban J connectivity index is 1.86. The van der Waals surface area contributed by atoms with Crippen LogP contribution in [0, 0.1) is 0 Å². The van der Waals surface area contributed by atoms with Gasteiger partial charge >= 0.3 is 0 Å². The van der Waals surface area contributed by atoms with Crippen molar-refractivity contribution in [3.05, 3.63) is 29.8 Å². The van der Waals surface area contributed by atoms with E-state index in [0.29, 0.717) is 6.61 Å². The van der Waals surface area contributed by atoms with Crippen LogP contribution in [0.1, 0.15) is 45.1 Å². The van der Waals surface area contributed by atoms with E-state index in [-0.39, 0.29) is 37.5 Å². The van der Waals surface area contributed by atoms with Gasteiger partial charge in [-0.1, -0.05) is 25.0 Å². The molecule has 1 saturated heterocycles. The van der Waals surface area contributed by atoms with E-state index in [4.69, 9.17) is 4.74 Å². The molecule has 0 aromatic heterocycles. The van der Waals surface area contributed by atoms with Crippen molar-refractivity contribution in [2.45, 2.75) is 57.7 Å². The maximum Gasteiger partial charge on any atom is 0.247 e. The molecule has 166 valence electrons. The Morgan fingerprint density at radius 1 is 1.23 bits per heavy atom. The second kappa shape index (κ2) is 8.93. The molecule has 1 heterocycles. The zero-order valence-electron chi connectivity index (χ0n) is 17.9. The molecule has 1 aromatic carbocycles. The second-order valence-corrected chi connectivity index (χ2v) is 10.3. The summed E-state index contributed by atoms with van der Waals surface area (Å²) in [5, 5.41) is 3.05. The zero-order chi connectivity index (χ0) is 21.9. The molecule has 1 atom stereocenters. The third-order valence-electron chi connectivity index (χ3n) is 5.92. The van der Waals surface area contributed by atoms with Crippen LogP contribution in [0.4, 0.5) is 0 Å². The van der Waals surface area contributed by atoms with E-state index in [2.05, 4.69) is 5.32 Å². The van der Waals surface area contributed by atoms with Crippen LogP contribution in [0.3, 0.4) is 0 Å². The first-order chi connectivity index (χ1) is 14.1. The van der Waals surface area contributed by atoms with Crippen molar-refractivity contribution in [3.63, 3.8) is 0 Å². The molecular formula is C21H31N3O5S. The third-order valence-corrected chi connectivity index (χ3v) is 7.11. The van der Waals surface area contributed by atoms with Gasteiger partial charge in [0.15, 0.2) is 0 Å². The number of carbonyl (C=O) groups is 2. The lowest BCUT2D eigenvalue weighted by molar-refractivity contribution is -0.154. The van der Waals surface area contributed by atoms with Crippen LogP contribution in [-0.4, -0.2) is 67.0 Å². The Labute approximate surface area is 178 Å². The molecule has 1 N–H and O–H groups in total. The van der Waals surface area contributed by atoms with Crippen molar-refractivity contribution in [1.29, 1.82) is 0 Å². The van der Waals surface area contributed by atoms with Crippen LogP contribution in [0.5, 0.6) is 5.75 Å². The van der Waals surface area contributed by atoms with Crippen molar-refractivity contribution in [3.8, 4) is 5.75 Å². The summed E-state index contributed by atoms with van der Waals surface area (Å²) in [6, 6.07) is 7.44. The van der Waals surface area contributed by atoms with Gasteiger partial charge in [0.25, 0.3) is 0 Å². The molecule has 30 heavy (non-hydrogen) atoms. The summed E-state index contributed by atoms with van der Waals surface area (Å²) >= 11 is 0. The molecule has 2 fully saturated rings. The molecule has 1 aliphatic heterocycles. The summed E-state index contributed by atoms with van der Waals surface area (Å²) < 4.78 is 30.9. The number of rotatable bonds is 7. The normalized spacial score (nSPS) is 23.6. The Morgan fingerprint density at radius 3 is 2.43 bits per heavy atom. The number of nitrogens with one attached hydrogen (secondary N) is 1. The summed E-state index contributed by atoms with van der Waals surface area (Å²) in [6.07, 6.45) is 5.00. The standard InChI is InChI=1S/C21H31N3O5S/c1-4-29-18-11-9-16(10-12-18)13-24-19(25)14-23(30(3,27)28)15-21(24,2)20(26)22-17-7-5-6-8-17/h9-12,17H,4-8,13-15H2,1-3H3,(H,22,26)/t21-/m1/s1. The number of hydrogen-bond donors (Lipinski definition) is 1. The van der Waals surface area contributed by atoms with Crippen LogP contribution in [-0.2, 0) is 26.2 Å². The van der Waals surface area contributed by atoms with Crippen molar-refractivity contribution >= 4 is 21.8 Å². The molecule has 0 spiro atoms. The predicted octanol–water partition coefficient (Wildman–Crippen LogP) is 1.51. The molecule has 1 aliphatic carbocycles. The lowest BCUT2D eigenvalue weighted by Crippen LogP contribution is -2.69. The highest BCUT2D eigenvalue weighted by molar-refractivity contribution is 7.88. The summed E-state index contributed by atoms with van der Waals surface area (Å²) in [5.41, 5.74) is -0.445. The summed E-state index contributed by atoms with van der Waals surface area (Å²) in [5.74, 6) is 0.0443. The van der Waals surface area contributed by atoms with Gasteiger partial charge in [-0.2, -0.15) is 4.31 Å². The SMILES string of the molecule is CCOc1ccc(CN2C(=O)CN(S(C)(=O)=O)C[C@]2(C)C(=O)NC2CCCC2)cc1. The fraction of sp³-hybridized carbons (Fsp3) is 0.619. The number of amides is 2. The minimum absolute atomic E-state index is 0.0623. The molecular weight excluding hydrogens is 406 g/mol. The first-order valence-corrected chi connectivity index (χ1v) is 12.3. The van der Waals surface area contributed by atoms with Crippen LogP contribution in [0.15, 0.2) is 24.3 Å². The monoisotopic (exact) mass is 437 g/mol. The number of nitrogens with zero attached hydrogens (tertiary/aromatic N) is 2. The summed E-state index contributed by atoms with van der Waals surface area (Å²) in [7, 11) is -3.61. The average Bonchev–Trinajstić information content (AvgIpc) is 3.18. The quantitative estimate of drug-likeness (QED) is 0.698. The average molecular weight is 438 g/mol. The highest BCUT2D eigenvalue weighted by Crippen LogP contribution is 2.28. The minimum atomic E-state index is -3.61. The first kappa shape index (κ1) is 22.6. The van der Waals surface area contributed by atoms with Crippen LogP contribution in [0.2, 0.25) is 0 Å². The van der Waals surface area contributed by atoms with E-state index in [9.17, 15) is 18.0 Å². The second-order valence-electron chi connectivity index (χ2n) is 8.32. The van der Waals surface area contributed by atoms with E-state index in [0.717, 1.165) is 47.6 Å². The molecule has 1 aromatic rings. The van der Waals surface area contributed by atoms with Crippen LogP contribution < -0.4 is 10.1 Å². The highest BCUT2D eigenvalue weighted by Gasteiger charge is 2.49. The minimum Gasteiger partial charge on any atom is -0.494 e. The molecule has 1 saturated carbocycles. The van der Waals surface area contributed by atoms with Crippen molar-refractivity contribution < 1.29 is 22.7 Å². The van der Waals surface area contributed by atoms with Crippen LogP contribution in [0.25, 0.3) is 0 Å². The highest BCUT2D eigenvalue weighted by atomic mass is 32.2. The zero-order valence-corrected chi connectivity index (χ0v) is 18.7. The Morgan fingerprint density at radius 2 is 1.87 bits per heavy atom. The third kappa shape index (κ3) is 4.95. The Kier molecular flexibility index (Phi) is 6.71. The lowest BCUT2D eigenvalue weighted by Gasteiger charge is -2.47. The van der Waals surface area contributed by atoms with Crippen LogP contribution >= 0.6 is 0 Å². The van der Waals surface area contributed by atoms with E-state index >= 15 is 0 Å². The van der Waals surface area contributed by atoms with Gasteiger partial charge in [-0.25, -0.2) is 8.42 Å². The topological polar surface area (TPSA) is 96.0 Å². The summed E-state index contributed by atoms with van der Waals surface area (Å²) in [6.45, 7) is 4.01. The maximum absolute atomic E-state index is 13.3. The molecule has 0 bridgehead atoms. The molecule has 2 aliphatic rings. The number of sulfonamides is 1. The van der Waals surface area contributed by atoms with Crippen molar-refractivity contribution in [2.24, 2.45) is 0 Å². The molecule has 3 rings (SSSR count). The number of carbonyl (C=O) groups excluding carboxylic acids is 2. The van der Waals surface area contributed by atoms with Gasteiger partial charge in [-0.15, -0.1) is 0 Å². The van der Waals surface area contributed by atoms with Gasteiger partial charge in [0, 0.05) is 19.1 Å².